The molecule has 5 heteroatoms. The fourth-order valence-electron chi connectivity index (χ4n) is 4.10. The second-order valence-electron chi connectivity index (χ2n) is 7.65. The van der Waals surface area contributed by atoms with Gasteiger partial charge < -0.3 is 15.0 Å². The van der Waals surface area contributed by atoms with Gasteiger partial charge in [0, 0.05) is 31.6 Å². The van der Waals surface area contributed by atoms with E-state index in [9.17, 15) is 9.59 Å². The average Bonchev–Trinajstić information content (AvgIpc) is 2.65. The Kier molecular flexibility index (Phi) is 6.17. The van der Waals surface area contributed by atoms with Crippen LogP contribution in [0.2, 0.25) is 0 Å². The molecule has 0 bridgehead atoms. The number of aryl methyl sites for hydroxylation is 1. The summed E-state index contributed by atoms with van der Waals surface area (Å²) in [7, 11) is 1.95. The highest BCUT2D eigenvalue weighted by Crippen LogP contribution is 2.28. The number of anilines is 1. The molecule has 1 aromatic carbocycles. The number of fused-ring (bicyclic) bond motifs is 1. The van der Waals surface area contributed by atoms with Crippen molar-refractivity contribution in [3.63, 3.8) is 0 Å². The molecule has 1 aliphatic carbocycles. The zero-order valence-electron chi connectivity index (χ0n) is 15.9. The topological polar surface area (TPSA) is 58.6 Å². The first kappa shape index (κ1) is 18.7. The Labute approximate surface area is 156 Å². The zero-order chi connectivity index (χ0) is 18.5. The summed E-state index contributed by atoms with van der Waals surface area (Å²) in [5.74, 6) is 1.70. The van der Waals surface area contributed by atoms with E-state index >= 15 is 0 Å². The summed E-state index contributed by atoms with van der Waals surface area (Å²) in [6.07, 6.45) is 7.40. The minimum atomic E-state index is 0.0704. The molecule has 0 saturated heterocycles. The van der Waals surface area contributed by atoms with Crippen molar-refractivity contribution >= 4 is 17.5 Å². The predicted molar refractivity (Wildman–Crippen MR) is 102 cm³/mol. The van der Waals surface area contributed by atoms with Gasteiger partial charge in [0.15, 0.2) is 0 Å². The number of nitrogens with zero attached hydrogens (tertiary/aromatic N) is 1. The van der Waals surface area contributed by atoms with Crippen molar-refractivity contribution in [2.45, 2.75) is 64.3 Å². The molecule has 1 fully saturated rings. The van der Waals surface area contributed by atoms with Crippen LogP contribution in [0.1, 0.15) is 57.4 Å². The Morgan fingerprint density at radius 2 is 2.08 bits per heavy atom. The molecule has 3 rings (SSSR count). The summed E-state index contributed by atoms with van der Waals surface area (Å²) < 4.78 is 5.81. The SMILES string of the molecule is CC1CCCCC1N(C)C(=O)CCCOc1ccc2c(c1)CCC(=O)N2. The van der Waals surface area contributed by atoms with Gasteiger partial charge in [-0.1, -0.05) is 19.8 Å². The van der Waals surface area contributed by atoms with Crippen molar-refractivity contribution < 1.29 is 14.3 Å². The van der Waals surface area contributed by atoms with Gasteiger partial charge in [0.2, 0.25) is 11.8 Å². The zero-order valence-corrected chi connectivity index (χ0v) is 15.9. The molecule has 1 heterocycles. The molecule has 0 radical (unpaired) electrons. The summed E-state index contributed by atoms with van der Waals surface area (Å²) in [5, 5.41) is 2.87. The Morgan fingerprint density at radius 3 is 2.88 bits per heavy atom. The molecule has 0 spiro atoms. The van der Waals surface area contributed by atoms with Gasteiger partial charge in [0.25, 0.3) is 0 Å². The maximum absolute atomic E-state index is 12.5. The highest BCUT2D eigenvalue weighted by molar-refractivity contribution is 5.94. The van der Waals surface area contributed by atoms with Gasteiger partial charge in [-0.3, -0.25) is 9.59 Å². The standard InChI is InChI=1S/C21H30N2O3/c1-15-6-3-4-7-19(15)23(2)21(25)8-5-13-26-17-10-11-18-16(14-17)9-12-20(24)22-18/h10-11,14-15,19H,3-9,12-13H2,1-2H3,(H,22,24). The predicted octanol–water partition coefficient (Wildman–Crippen LogP) is 3.77. The number of carbonyl (C=O) groups excluding carboxylic acids is 2. The molecule has 2 atom stereocenters. The van der Waals surface area contributed by atoms with E-state index in [1.165, 1.54) is 19.3 Å². The Balaban J connectivity index is 1.42. The largest absolute Gasteiger partial charge is 0.494 e. The van der Waals surface area contributed by atoms with Crippen LogP contribution in [0, 0.1) is 5.92 Å². The second kappa shape index (κ2) is 8.56. The first-order chi connectivity index (χ1) is 12.5. The summed E-state index contributed by atoms with van der Waals surface area (Å²) in [6, 6.07) is 6.16. The number of amides is 2. The fraction of sp³-hybridized carbons (Fsp3) is 0.619. The van der Waals surface area contributed by atoms with E-state index in [-0.39, 0.29) is 11.8 Å². The number of nitrogens with one attached hydrogen (secondary N) is 1. The molecule has 5 nitrogen and oxygen atoms in total. The van der Waals surface area contributed by atoms with Crippen LogP contribution in [-0.4, -0.2) is 36.4 Å². The third-order valence-electron chi connectivity index (χ3n) is 5.73. The van der Waals surface area contributed by atoms with Gasteiger partial charge in [-0.2, -0.15) is 0 Å². The van der Waals surface area contributed by atoms with E-state index in [0.29, 0.717) is 31.4 Å². The smallest absolute Gasteiger partial charge is 0.224 e. The number of rotatable bonds is 6. The van der Waals surface area contributed by atoms with Crippen LogP contribution in [-0.2, 0) is 16.0 Å². The van der Waals surface area contributed by atoms with Crippen LogP contribution < -0.4 is 10.1 Å². The molecule has 1 aromatic rings. The van der Waals surface area contributed by atoms with Crippen molar-refractivity contribution in [2.24, 2.45) is 5.92 Å². The molecule has 2 unspecified atom stereocenters. The Morgan fingerprint density at radius 1 is 1.27 bits per heavy atom. The van der Waals surface area contributed by atoms with Crippen molar-refractivity contribution in [2.75, 3.05) is 19.0 Å². The summed E-state index contributed by atoms with van der Waals surface area (Å²) in [4.78, 5) is 25.8. The van der Waals surface area contributed by atoms with Crippen molar-refractivity contribution in [1.82, 2.24) is 4.90 Å². The second-order valence-corrected chi connectivity index (χ2v) is 7.65. The van der Waals surface area contributed by atoms with E-state index < -0.39 is 0 Å². The molecule has 0 aromatic heterocycles. The van der Waals surface area contributed by atoms with Gasteiger partial charge in [-0.15, -0.1) is 0 Å². The third kappa shape index (κ3) is 4.57. The van der Waals surface area contributed by atoms with Gasteiger partial charge >= 0.3 is 0 Å². The number of ether oxygens (including phenoxy) is 1. The van der Waals surface area contributed by atoms with E-state index in [0.717, 1.165) is 36.3 Å². The quantitative estimate of drug-likeness (QED) is 0.788. The molecular formula is C21H30N2O3. The van der Waals surface area contributed by atoms with Gasteiger partial charge in [0.1, 0.15) is 5.75 Å². The van der Waals surface area contributed by atoms with Crippen LogP contribution in [0.15, 0.2) is 18.2 Å². The van der Waals surface area contributed by atoms with Crippen molar-refractivity contribution in [1.29, 1.82) is 0 Å². The highest BCUT2D eigenvalue weighted by Gasteiger charge is 2.27. The molecule has 1 aliphatic heterocycles. The number of benzene rings is 1. The van der Waals surface area contributed by atoms with Crippen LogP contribution in [0.25, 0.3) is 0 Å². The first-order valence-electron chi connectivity index (χ1n) is 9.86. The highest BCUT2D eigenvalue weighted by atomic mass is 16.5. The Bertz CT molecular complexity index is 659. The van der Waals surface area contributed by atoms with Crippen LogP contribution in [0.4, 0.5) is 5.69 Å². The first-order valence-corrected chi connectivity index (χ1v) is 9.86. The number of carbonyl (C=O) groups is 2. The third-order valence-corrected chi connectivity index (χ3v) is 5.73. The summed E-state index contributed by atoms with van der Waals surface area (Å²) >= 11 is 0. The maximum Gasteiger partial charge on any atom is 0.224 e. The normalized spacial score (nSPS) is 22.3. The minimum Gasteiger partial charge on any atom is -0.494 e. The molecule has 2 aliphatic rings. The lowest BCUT2D eigenvalue weighted by atomic mass is 9.85. The molecule has 142 valence electrons. The summed E-state index contributed by atoms with van der Waals surface area (Å²) in [6.45, 7) is 2.79. The molecular weight excluding hydrogens is 328 g/mol. The lowest BCUT2D eigenvalue weighted by Gasteiger charge is -2.36. The fourth-order valence-corrected chi connectivity index (χ4v) is 4.10. The van der Waals surface area contributed by atoms with E-state index in [2.05, 4.69) is 12.2 Å². The lowest BCUT2D eigenvalue weighted by molar-refractivity contribution is -0.133. The van der Waals surface area contributed by atoms with Gasteiger partial charge in [0.05, 0.1) is 6.61 Å². The monoisotopic (exact) mass is 358 g/mol. The van der Waals surface area contributed by atoms with Crippen molar-refractivity contribution in [3.8, 4) is 5.75 Å². The van der Waals surface area contributed by atoms with Gasteiger partial charge in [-0.25, -0.2) is 0 Å². The summed E-state index contributed by atoms with van der Waals surface area (Å²) in [5.41, 5.74) is 2.00. The number of hydrogen-bond donors (Lipinski definition) is 1. The van der Waals surface area contributed by atoms with E-state index in [4.69, 9.17) is 4.74 Å². The minimum absolute atomic E-state index is 0.0704. The van der Waals surface area contributed by atoms with E-state index in [1.54, 1.807) is 0 Å². The molecule has 1 saturated carbocycles. The maximum atomic E-state index is 12.5. The average molecular weight is 358 g/mol. The van der Waals surface area contributed by atoms with Crippen LogP contribution in [0.5, 0.6) is 5.75 Å². The van der Waals surface area contributed by atoms with Crippen LogP contribution >= 0.6 is 0 Å². The Hall–Kier alpha value is -2.04. The molecule has 2 amide bonds. The van der Waals surface area contributed by atoms with E-state index in [1.807, 2.05) is 30.1 Å². The number of hydrogen-bond acceptors (Lipinski definition) is 3. The lowest BCUT2D eigenvalue weighted by Crippen LogP contribution is -2.42. The van der Waals surface area contributed by atoms with Crippen LogP contribution in [0.3, 0.4) is 0 Å². The molecule has 1 N–H and O–H groups in total. The van der Waals surface area contributed by atoms with Gasteiger partial charge in [-0.05, 0) is 55.4 Å². The molecule has 26 heavy (non-hydrogen) atoms. The van der Waals surface area contributed by atoms with Crippen molar-refractivity contribution in [3.05, 3.63) is 23.8 Å².